The Bertz CT molecular complexity index is 788. The van der Waals surface area contributed by atoms with Crippen LogP contribution in [0.3, 0.4) is 0 Å². The summed E-state index contributed by atoms with van der Waals surface area (Å²) in [6.07, 6.45) is 0. The molecule has 24 heavy (non-hydrogen) atoms. The highest BCUT2D eigenvalue weighted by atomic mass is 19.2. The first-order valence-corrected chi connectivity index (χ1v) is 5.64. The van der Waals surface area contributed by atoms with Crippen LogP contribution in [0.15, 0.2) is 0 Å². The van der Waals surface area contributed by atoms with E-state index in [0.717, 1.165) is 0 Å². The van der Waals surface area contributed by atoms with Crippen LogP contribution in [0, 0.1) is 70.0 Å². The van der Waals surface area contributed by atoms with Crippen LogP contribution in [0.4, 0.5) is 43.9 Å². The Kier molecular flexibility index (Phi) is 4.46. The molecule has 0 aliphatic heterocycles. The molecular formula is C14F10. The summed E-state index contributed by atoms with van der Waals surface area (Å²) in [5, 5.41) is 0. The molecule has 2 aromatic rings. The van der Waals surface area contributed by atoms with E-state index in [1.165, 1.54) is 11.8 Å². The van der Waals surface area contributed by atoms with Gasteiger partial charge in [-0.1, -0.05) is 11.8 Å². The monoisotopic (exact) mass is 358 g/mol. The SMILES string of the molecule is Fc1c(F)c(F)c(C#Cc2c(F)c(F)c(F)c(F)c2F)c(F)c1F. The van der Waals surface area contributed by atoms with Crippen LogP contribution in [-0.4, -0.2) is 0 Å². The van der Waals surface area contributed by atoms with Gasteiger partial charge in [0, 0.05) is 0 Å². The molecule has 0 aromatic heterocycles. The molecule has 0 spiro atoms. The van der Waals surface area contributed by atoms with E-state index >= 15 is 0 Å². The maximum absolute atomic E-state index is 13.3. The molecule has 0 unspecified atom stereocenters. The number of hydrogen-bond acceptors (Lipinski definition) is 0. The van der Waals surface area contributed by atoms with Gasteiger partial charge in [0.2, 0.25) is 11.6 Å². The van der Waals surface area contributed by atoms with Crippen LogP contribution >= 0.6 is 0 Å². The summed E-state index contributed by atoms with van der Waals surface area (Å²) < 4.78 is 131. The van der Waals surface area contributed by atoms with E-state index in [0.29, 0.717) is 0 Å². The second kappa shape index (κ2) is 6.07. The predicted molar refractivity (Wildman–Crippen MR) is 58.4 cm³/mol. The fraction of sp³-hybridized carbons (Fsp3) is 0. The molecule has 0 nitrogen and oxygen atoms in total. The lowest BCUT2D eigenvalue weighted by molar-refractivity contribution is 0.375. The minimum absolute atomic E-state index is 1.18. The van der Waals surface area contributed by atoms with E-state index < -0.39 is 69.3 Å². The van der Waals surface area contributed by atoms with Gasteiger partial charge in [-0.15, -0.1) is 0 Å². The van der Waals surface area contributed by atoms with E-state index in [1.54, 1.807) is 0 Å². The van der Waals surface area contributed by atoms with Gasteiger partial charge in [-0.25, -0.2) is 43.9 Å². The maximum atomic E-state index is 13.3. The van der Waals surface area contributed by atoms with Crippen LogP contribution in [0.5, 0.6) is 0 Å². The van der Waals surface area contributed by atoms with Gasteiger partial charge >= 0.3 is 0 Å². The van der Waals surface area contributed by atoms with Gasteiger partial charge < -0.3 is 0 Å². The molecule has 0 radical (unpaired) electrons. The number of halogens is 10. The third-order valence-corrected chi connectivity index (χ3v) is 2.73. The maximum Gasteiger partial charge on any atom is 0.200 e. The van der Waals surface area contributed by atoms with Crippen LogP contribution in [0.1, 0.15) is 11.1 Å². The van der Waals surface area contributed by atoms with Gasteiger partial charge in [0.05, 0.1) is 0 Å². The minimum Gasteiger partial charge on any atom is -0.202 e. The molecule has 0 heterocycles. The molecule has 0 saturated carbocycles. The third-order valence-electron chi connectivity index (χ3n) is 2.73. The van der Waals surface area contributed by atoms with Crippen LogP contribution in [-0.2, 0) is 0 Å². The molecule has 0 atom stereocenters. The molecule has 0 saturated heterocycles. The fourth-order valence-electron chi connectivity index (χ4n) is 1.55. The lowest BCUT2D eigenvalue weighted by atomic mass is 10.1. The van der Waals surface area contributed by atoms with Crippen molar-refractivity contribution >= 4 is 0 Å². The first-order valence-electron chi connectivity index (χ1n) is 5.64. The van der Waals surface area contributed by atoms with Gasteiger partial charge in [0.15, 0.2) is 46.5 Å². The topological polar surface area (TPSA) is 0 Å². The first-order chi connectivity index (χ1) is 11.1. The summed E-state index contributed by atoms with van der Waals surface area (Å²) in [6, 6.07) is 0. The molecule has 0 aliphatic carbocycles. The molecule has 0 N–H and O–H groups in total. The van der Waals surface area contributed by atoms with Crippen LogP contribution in [0.2, 0.25) is 0 Å². The van der Waals surface area contributed by atoms with Crippen LogP contribution < -0.4 is 0 Å². The quantitative estimate of drug-likeness (QED) is 0.282. The highest BCUT2D eigenvalue weighted by molar-refractivity contribution is 5.46. The Morgan fingerprint density at radius 3 is 0.667 bits per heavy atom. The summed E-state index contributed by atoms with van der Waals surface area (Å²) in [5.41, 5.74) is -3.59. The Morgan fingerprint density at radius 1 is 0.292 bits per heavy atom. The van der Waals surface area contributed by atoms with Crippen molar-refractivity contribution in [2.45, 2.75) is 0 Å². The van der Waals surface area contributed by atoms with Crippen molar-refractivity contribution < 1.29 is 43.9 Å². The van der Waals surface area contributed by atoms with Crippen molar-refractivity contribution in [1.82, 2.24) is 0 Å². The molecule has 0 bridgehead atoms. The molecule has 2 rings (SSSR count). The highest BCUT2D eigenvalue weighted by Gasteiger charge is 2.26. The fourth-order valence-corrected chi connectivity index (χ4v) is 1.55. The zero-order valence-electron chi connectivity index (χ0n) is 10.8. The highest BCUT2D eigenvalue weighted by Crippen LogP contribution is 2.24. The Labute approximate surface area is 126 Å². The Balaban J connectivity index is 2.74. The number of hydrogen-bond donors (Lipinski definition) is 0. The van der Waals surface area contributed by atoms with Crippen molar-refractivity contribution in [2.24, 2.45) is 0 Å². The normalized spacial score (nSPS) is 10.6. The Hall–Kier alpha value is -2.70. The summed E-state index contributed by atoms with van der Waals surface area (Å²) in [5.74, 6) is -21.9. The van der Waals surface area contributed by atoms with Gasteiger partial charge in [-0.3, -0.25) is 0 Å². The Morgan fingerprint density at radius 2 is 0.458 bits per heavy atom. The molecular weight excluding hydrogens is 358 g/mol. The average molecular weight is 358 g/mol. The van der Waals surface area contributed by atoms with E-state index in [-0.39, 0.29) is 0 Å². The molecule has 0 fully saturated rings. The van der Waals surface area contributed by atoms with E-state index in [1.807, 2.05) is 0 Å². The zero-order valence-corrected chi connectivity index (χ0v) is 10.8. The second-order valence-corrected chi connectivity index (χ2v) is 4.14. The molecule has 2 aromatic carbocycles. The van der Waals surface area contributed by atoms with Crippen LogP contribution in [0.25, 0.3) is 0 Å². The van der Waals surface area contributed by atoms with Crippen molar-refractivity contribution in [2.75, 3.05) is 0 Å². The second-order valence-electron chi connectivity index (χ2n) is 4.14. The molecule has 126 valence electrons. The lowest BCUT2D eigenvalue weighted by Gasteiger charge is -2.04. The number of rotatable bonds is 0. The number of benzene rings is 2. The van der Waals surface area contributed by atoms with Crippen molar-refractivity contribution in [3.63, 3.8) is 0 Å². The van der Waals surface area contributed by atoms with Gasteiger partial charge in [0.25, 0.3) is 0 Å². The molecule has 0 aliphatic rings. The molecule has 0 amide bonds. The summed E-state index contributed by atoms with van der Waals surface area (Å²) in [4.78, 5) is 0. The van der Waals surface area contributed by atoms with Gasteiger partial charge in [-0.05, 0) is 0 Å². The lowest BCUT2D eigenvalue weighted by Crippen LogP contribution is -2.06. The van der Waals surface area contributed by atoms with E-state index in [4.69, 9.17) is 0 Å². The van der Waals surface area contributed by atoms with Crippen molar-refractivity contribution in [3.8, 4) is 11.8 Å². The van der Waals surface area contributed by atoms with Crippen molar-refractivity contribution in [1.29, 1.82) is 0 Å². The van der Waals surface area contributed by atoms with Gasteiger partial charge in [-0.2, -0.15) is 0 Å². The van der Waals surface area contributed by atoms with Gasteiger partial charge in [0.1, 0.15) is 11.1 Å². The summed E-state index contributed by atoms with van der Waals surface area (Å²) in [6.45, 7) is 0. The largest absolute Gasteiger partial charge is 0.202 e. The third kappa shape index (κ3) is 2.55. The standard InChI is InChI=1S/C14F10/c15-5-3(6(16)10(20)13(23)9(5)19)1-2-4-7(17)11(21)14(24)12(22)8(4)18. The van der Waals surface area contributed by atoms with E-state index in [9.17, 15) is 43.9 Å². The molecule has 10 heteroatoms. The predicted octanol–water partition coefficient (Wildman–Crippen LogP) is 4.48. The van der Waals surface area contributed by atoms with E-state index in [2.05, 4.69) is 0 Å². The average Bonchev–Trinajstić information content (AvgIpc) is 2.57. The summed E-state index contributed by atoms with van der Waals surface area (Å²) in [7, 11) is 0. The van der Waals surface area contributed by atoms with Crippen molar-refractivity contribution in [3.05, 3.63) is 69.3 Å². The zero-order chi connectivity index (χ0) is 18.3. The smallest absolute Gasteiger partial charge is 0.200 e. The minimum atomic E-state index is -2.51. The first kappa shape index (κ1) is 17.7. The summed E-state index contributed by atoms with van der Waals surface area (Å²) >= 11 is 0.